The van der Waals surface area contributed by atoms with E-state index >= 15 is 0 Å². The van der Waals surface area contributed by atoms with Gasteiger partial charge in [0, 0.05) is 12.6 Å². The van der Waals surface area contributed by atoms with Crippen LogP contribution >= 0.6 is 0 Å². The van der Waals surface area contributed by atoms with Gasteiger partial charge in [0.1, 0.15) is 12.7 Å². The lowest BCUT2D eigenvalue weighted by Crippen LogP contribution is -2.22. The quantitative estimate of drug-likeness (QED) is 0.835. The molecule has 0 aliphatic heterocycles. The second-order valence-electron chi connectivity index (χ2n) is 3.86. The Kier molecular flexibility index (Phi) is 3.26. The third kappa shape index (κ3) is 2.64. The maximum Gasteiger partial charge on any atom is 0.155 e. The highest BCUT2D eigenvalue weighted by molar-refractivity contribution is 5.22. The van der Waals surface area contributed by atoms with Gasteiger partial charge in [-0.25, -0.2) is 14.6 Å². The van der Waals surface area contributed by atoms with Gasteiger partial charge in [-0.05, 0) is 12.1 Å². The second-order valence-corrected chi connectivity index (χ2v) is 3.86. The first-order chi connectivity index (χ1) is 7.75. The van der Waals surface area contributed by atoms with Crippen LogP contribution in [0.5, 0.6) is 0 Å². The minimum absolute atomic E-state index is 0.455. The number of hydrogen-bond acceptors (Lipinski definition) is 4. The summed E-state index contributed by atoms with van der Waals surface area (Å²) in [5, 5.41) is 7.37. The summed E-state index contributed by atoms with van der Waals surface area (Å²) in [5.74, 6) is 0.792. The summed E-state index contributed by atoms with van der Waals surface area (Å²) < 4.78 is 1.65. The number of pyridine rings is 1. The fourth-order valence-corrected chi connectivity index (χ4v) is 1.33. The molecule has 0 saturated carbocycles. The van der Waals surface area contributed by atoms with Crippen molar-refractivity contribution in [2.24, 2.45) is 0 Å². The van der Waals surface area contributed by atoms with Gasteiger partial charge in [-0.3, -0.25) is 0 Å². The summed E-state index contributed by atoms with van der Waals surface area (Å²) >= 11 is 0. The van der Waals surface area contributed by atoms with Crippen molar-refractivity contribution >= 4 is 0 Å². The van der Waals surface area contributed by atoms with Crippen LogP contribution in [0.2, 0.25) is 0 Å². The summed E-state index contributed by atoms with van der Waals surface area (Å²) in [6.45, 7) is 4.99. The van der Waals surface area contributed by atoms with Crippen LogP contribution in [0.15, 0.2) is 30.9 Å². The Bertz CT molecular complexity index is 435. The molecular formula is C11H15N5. The molecule has 0 unspecified atom stereocenters. The molecule has 0 atom stereocenters. The molecule has 84 valence electrons. The highest BCUT2D eigenvalue weighted by Gasteiger charge is 2.01. The zero-order valence-corrected chi connectivity index (χ0v) is 9.46. The molecule has 0 aliphatic carbocycles. The lowest BCUT2D eigenvalue weighted by Gasteiger charge is -2.08. The molecule has 0 aliphatic rings. The van der Waals surface area contributed by atoms with Crippen molar-refractivity contribution in [3.8, 4) is 5.82 Å². The number of aromatic nitrogens is 4. The van der Waals surface area contributed by atoms with E-state index in [1.54, 1.807) is 11.0 Å². The number of hydrogen-bond donors (Lipinski definition) is 1. The number of nitrogens with one attached hydrogen (secondary N) is 1. The molecule has 2 aromatic heterocycles. The van der Waals surface area contributed by atoms with E-state index < -0.39 is 0 Å². The minimum Gasteiger partial charge on any atom is -0.309 e. The van der Waals surface area contributed by atoms with Crippen molar-refractivity contribution in [3.63, 3.8) is 0 Å². The Balaban J connectivity index is 2.14. The summed E-state index contributed by atoms with van der Waals surface area (Å²) in [7, 11) is 0. The Morgan fingerprint density at radius 3 is 2.94 bits per heavy atom. The first-order valence-electron chi connectivity index (χ1n) is 5.30. The molecule has 0 spiro atoms. The number of rotatable bonds is 4. The van der Waals surface area contributed by atoms with E-state index in [2.05, 4.69) is 34.2 Å². The molecule has 2 rings (SSSR count). The third-order valence-electron chi connectivity index (χ3n) is 2.14. The molecule has 0 amide bonds. The average molecular weight is 217 g/mol. The molecule has 5 heteroatoms. The van der Waals surface area contributed by atoms with Gasteiger partial charge in [0.25, 0.3) is 0 Å². The third-order valence-corrected chi connectivity index (χ3v) is 2.14. The first kappa shape index (κ1) is 10.8. The average Bonchev–Trinajstić information content (AvgIpc) is 2.80. The molecule has 0 radical (unpaired) electrons. The van der Waals surface area contributed by atoms with Crippen molar-refractivity contribution < 1.29 is 0 Å². The van der Waals surface area contributed by atoms with Crippen molar-refractivity contribution in [2.45, 2.75) is 26.4 Å². The first-order valence-corrected chi connectivity index (χ1v) is 5.30. The zero-order chi connectivity index (χ0) is 11.4. The van der Waals surface area contributed by atoms with E-state index in [0.29, 0.717) is 6.04 Å². The van der Waals surface area contributed by atoms with Crippen LogP contribution in [0.4, 0.5) is 0 Å². The molecule has 0 saturated heterocycles. The molecule has 16 heavy (non-hydrogen) atoms. The molecule has 5 nitrogen and oxygen atoms in total. The van der Waals surface area contributed by atoms with Crippen molar-refractivity contribution in [3.05, 3.63) is 36.5 Å². The van der Waals surface area contributed by atoms with Crippen molar-refractivity contribution in [1.29, 1.82) is 0 Å². The molecule has 0 fully saturated rings. The van der Waals surface area contributed by atoms with Gasteiger partial charge in [0.05, 0.1) is 5.69 Å². The SMILES string of the molecule is CC(C)NCc1cccc(-n2cncn2)n1. The van der Waals surface area contributed by atoms with E-state index in [4.69, 9.17) is 0 Å². The topological polar surface area (TPSA) is 55.6 Å². The predicted octanol–water partition coefficient (Wildman–Crippen LogP) is 1.16. The zero-order valence-electron chi connectivity index (χ0n) is 9.46. The van der Waals surface area contributed by atoms with Gasteiger partial charge in [-0.2, -0.15) is 5.10 Å². The molecule has 0 bridgehead atoms. The Morgan fingerprint density at radius 2 is 2.25 bits per heavy atom. The molecular weight excluding hydrogens is 202 g/mol. The highest BCUT2D eigenvalue weighted by atomic mass is 15.3. The molecule has 2 aromatic rings. The Morgan fingerprint density at radius 1 is 1.38 bits per heavy atom. The minimum atomic E-state index is 0.455. The van der Waals surface area contributed by atoms with Crippen LogP contribution < -0.4 is 5.32 Å². The standard InChI is InChI=1S/C11H15N5/c1-9(2)13-6-10-4-3-5-11(15-10)16-8-12-7-14-16/h3-5,7-9,13H,6H2,1-2H3. The monoisotopic (exact) mass is 217 g/mol. The second kappa shape index (κ2) is 4.85. The van der Waals surface area contributed by atoms with E-state index in [9.17, 15) is 0 Å². The largest absolute Gasteiger partial charge is 0.309 e. The maximum absolute atomic E-state index is 4.49. The molecule has 0 aromatic carbocycles. The van der Waals surface area contributed by atoms with Gasteiger partial charge in [-0.1, -0.05) is 19.9 Å². The lowest BCUT2D eigenvalue weighted by molar-refractivity contribution is 0.580. The summed E-state index contributed by atoms with van der Waals surface area (Å²) in [6, 6.07) is 6.34. The van der Waals surface area contributed by atoms with Crippen LogP contribution in [0.25, 0.3) is 5.82 Å². The summed E-state index contributed by atoms with van der Waals surface area (Å²) in [5.41, 5.74) is 1.00. The summed E-state index contributed by atoms with van der Waals surface area (Å²) in [4.78, 5) is 8.38. The van der Waals surface area contributed by atoms with Crippen molar-refractivity contribution in [1.82, 2.24) is 25.1 Å². The van der Waals surface area contributed by atoms with Crippen LogP contribution in [-0.2, 0) is 6.54 Å². The lowest BCUT2D eigenvalue weighted by atomic mass is 10.3. The number of nitrogens with zero attached hydrogens (tertiary/aromatic N) is 4. The van der Waals surface area contributed by atoms with Crippen LogP contribution in [-0.4, -0.2) is 25.8 Å². The van der Waals surface area contributed by atoms with E-state index in [1.165, 1.54) is 6.33 Å². The molecule has 2 heterocycles. The summed E-state index contributed by atoms with van der Waals surface area (Å²) in [6.07, 6.45) is 3.14. The van der Waals surface area contributed by atoms with Gasteiger partial charge < -0.3 is 5.32 Å². The van der Waals surface area contributed by atoms with Gasteiger partial charge >= 0.3 is 0 Å². The van der Waals surface area contributed by atoms with Crippen molar-refractivity contribution in [2.75, 3.05) is 0 Å². The predicted molar refractivity (Wildman–Crippen MR) is 61.1 cm³/mol. The highest BCUT2D eigenvalue weighted by Crippen LogP contribution is 2.03. The van der Waals surface area contributed by atoms with Crippen LogP contribution in [0, 0.1) is 0 Å². The Labute approximate surface area is 94.5 Å². The smallest absolute Gasteiger partial charge is 0.155 e. The maximum atomic E-state index is 4.49. The van der Waals surface area contributed by atoms with Crippen LogP contribution in [0.1, 0.15) is 19.5 Å². The fraction of sp³-hybridized carbons (Fsp3) is 0.364. The van der Waals surface area contributed by atoms with Gasteiger partial charge in [0.2, 0.25) is 0 Å². The van der Waals surface area contributed by atoms with Gasteiger partial charge in [0.15, 0.2) is 5.82 Å². The van der Waals surface area contributed by atoms with E-state index in [-0.39, 0.29) is 0 Å². The normalized spacial score (nSPS) is 10.9. The van der Waals surface area contributed by atoms with E-state index in [1.807, 2.05) is 18.2 Å². The van der Waals surface area contributed by atoms with E-state index in [0.717, 1.165) is 18.1 Å². The fourth-order valence-electron chi connectivity index (χ4n) is 1.33. The van der Waals surface area contributed by atoms with Gasteiger partial charge in [-0.15, -0.1) is 0 Å². The molecule has 1 N–H and O–H groups in total. The van der Waals surface area contributed by atoms with Crippen LogP contribution in [0.3, 0.4) is 0 Å². The Hall–Kier alpha value is -1.75.